The fourth-order valence-corrected chi connectivity index (χ4v) is 3.32. The van der Waals surface area contributed by atoms with Gasteiger partial charge in [0.1, 0.15) is 12.3 Å². The maximum Gasteiger partial charge on any atom is 0.494 e. The standard InChI is InChI=1S/C18H21BF5NO4/c1-16(2)17(3,4)29-19(28-16)11-7-10-5-6-25(9-18(22,23)24)14(26)13(10)12(8-11)27-15(20)21/h7-8,15H,5-6,9H2,1-4H3. The number of benzene rings is 1. The van der Waals surface area contributed by atoms with E-state index in [9.17, 15) is 26.7 Å². The fraction of sp³-hybridized carbons (Fsp3) is 0.611. The van der Waals surface area contributed by atoms with Crippen molar-refractivity contribution in [3.8, 4) is 5.75 Å². The molecule has 2 aliphatic heterocycles. The van der Waals surface area contributed by atoms with Crippen LogP contribution in [0.3, 0.4) is 0 Å². The molecular formula is C18H21BF5NO4. The van der Waals surface area contributed by atoms with Crippen LogP contribution in [-0.4, -0.2) is 55.0 Å². The summed E-state index contributed by atoms with van der Waals surface area (Å²) in [6.07, 6.45) is -4.54. The highest BCUT2D eigenvalue weighted by Gasteiger charge is 2.52. The summed E-state index contributed by atoms with van der Waals surface area (Å²) in [5, 5.41) is 0. The van der Waals surface area contributed by atoms with Gasteiger partial charge in [-0.1, -0.05) is 6.07 Å². The molecule has 0 spiro atoms. The van der Waals surface area contributed by atoms with E-state index < -0.39 is 49.3 Å². The van der Waals surface area contributed by atoms with Crippen LogP contribution >= 0.6 is 0 Å². The highest BCUT2D eigenvalue weighted by Crippen LogP contribution is 2.38. The SMILES string of the molecule is CC1(C)OB(c2cc3c(c(OC(F)F)c2)C(=O)N(CC(F)(F)F)CC3)OC1(C)C. The Bertz CT molecular complexity index is 796. The summed E-state index contributed by atoms with van der Waals surface area (Å²) < 4.78 is 80.4. The lowest BCUT2D eigenvalue weighted by atomic mass is 9.76. The largest absolute Gasteiger partial charge is 0.494 e. The lowest BCUT2D eigenvalue weighted by Crippen LogP contribution is -2.44. The van der Waals surface area contributed by atoms with Crippen molar-refractivity contribution < 1.29 is 40.8 Å². The van der Waals surface area contributed by atoms with E-state index in [0.29, 0.717) is 15.9 Å². The molecule has 2 aliphatic rings. The minimum Gasteiger partial charge on any atom is -0.434 e. The molecule has 160 valence electrons. The van der Waals surface area contributed by atoms with Crippen LogP contribution in [0.1, 0.15) is 43.6 Å². The van der Waals surface area contributed by atoms with Crippen LogP contribution in [0.4, 0.5) is 22.0 Å². The van der Waals surface area contributed by atoms with Gasteiger partial charge in [0.05, 0.1) is 16.8 Å². The van der Waals surface area contributed by atoms with Crippen molar-refractivity contribution >= 4 is 18.5 Å². The number of hydrogen-bond acceptors (Lipinski definition) is 4. The minimum atomic E-state index is -4.60. The third-order valence-electron chi connectivity index (χ3n) is 5.47. The summed E-state index contributed by atoms with van der Waals surface area (Å²) in [6.45, 7) is 2.38. The quantitative estimate of drug-likeness (QED) is 0.554. The third-order valence-corrected chi connectivity index (χ3v) is 5.47. The molecule has 5 nitrogen and oxygen atoms in total. The Labute approximate surface area is 165 Å². The molecule has 2 heterocycles. The summed E-state index contributed by atoms with van der Waals surface area (Å²) in [7, 11) is -0.895. The number of fused-ring (bicyclic) bond motifs is 1. The lowest BCUT2D eigenvalue weighted by molar-refractivity contribution is -0.141. The number of amides is 1. The topological polar surface area (TPSA) is 48.0 Å². The molecule has 0 atom stereocenters. The molecule has 0 N–H and O–H groups in total. The maximum absolute atomic E-state index is 13.0. The molecule has 0 unspecified atom stereocenters. The van der Waals surface area contributed by atoms with Crippen LogP contribution in [0.5, 0.6) is 5.75 Å². The summed E-state index contributed by atoms with van der Waals surface area (Å²) >= 11 is 0. The molecule has 1 amide bonds. The Morgan fingerprint density at radius 3 is 2.28 bits per heavy atom. The first-order chi connectivity index (χ1) is 13.2. The van der Waals surface area contributed by atoms with Gasteiger partial charge in [-0.05, 0) is 51.2 Å². The van der Waals surface area contributed by atoms with E-state index in [0.717, 1.165) is 0 Å². The van der Waals surface area contributed by atoms with E-state index in [1.54, 1.807) is 6.07 Å². The van der Waals surface area contributed by atoms with E-state index in [2.05, 4.69) is 4.74 Å². The molecule has 0 radical (unpaired) electrons. The van der Waals surface area contributed by atoms with Crippen LogP contribution < -0.4 is 10.2 Å². The first-order valence-corrected chi connectivity index (χ1v) is 9.03. The number of halogens is 5. The van der Waals surface area contributed by atoms with E-state index in [1.807, 2.05) is 27.7 Å². The van der Waals surface area contributed by atoms with Crippen LogP contribution in [0.2, 0.25) is 0 Å². The Kier molecular flexibility index (Phi) is 5.36. The molecule has 11 heteroatoms. The van der Waals surface area contributed by atoms with Gasteiger partial charge in [0.25, 0.3) is 5.91 Å². The number of alkyl halides is 5. The van der Waals surface area contributed by atoms with Gasteiger partial charge in [-0.25, -0.2) is 0 Å². The first kappa shape index (κ1) is 21.8. The molecule has 1 saturated heterocycles. The zero-order valence-corrected chi connectivity index (χ0v) is 16.4. The van der Waals surface area contributed by atoms with Crippen molar-refractivity contribution in [1.82, 2.24) is 4.90 Å². The smallest absolute Gasteiger partial charge is 0.434 e. The van der Waals surface area contributed by atoms with Gasteiger partial charge in [-0.3, -0.25) is 4.79 Å². The second-order valence-corrected chi connectivity index (χ2v) is 8.11. The maximum atomic E-state index is 13.0. The minimum absolute atomic E-state index is 0.0596. The molecule has 29 heavy (non-hydrogen) atoms. The number of hydrogen-bond donors (Lipinski definition) is 0. The van der Waals surface area contributed by atoms with E-state index >= 15 is 0 Å². The van der Waals surface area contributed by atoms with E-state index in [-0.39, 0.29) is 18.5 Å². The van der Waals surface area contributed by atoms with Gasteiger partial charge in [0, 0.05) is 6.54 Å². The summed E-state index contributed by atoms with van der Waals surface area (Å²) in [5.41, 5.74) is -0.986. The number of carbonyl (C=O) groups is 1. The first-order valence-electron chi connectivity index (χ1n) is 9.03. The van der Waals surface area contributed by atoms with Crippen LogP contribution in [0, 0.1) is 0 Å². The summed E-state index contributed by atoms with van der Waals surface area (Å²) in [5.74, 6) is -1.49. The van der Waals surface area contributed by atoms with Crippen molar-refractivity contribution in [3.63, 3.8) is 0 Å². The second kappa shape index (κ2) is 7.12. The lowest BCUT2D eigenvalue weighted by Gasteiger charge is -2.32. The van der Waals surface area contributed by atoms with Gasteiger partial charge >= 0.3 is 19.9 Å². The average molecular weight is 421 g/mol. The number of ether oxygens (including phenoxy) is 1. The second-order valence-electron chi connectivity index (χ2n) is 8.11. The van der Waals surface area contributed by atoms with Crippen LogP contribution in [-0.2, 0) is 15.7 Å². The monoisotopic (exact) mass is 421 g/mol. The molecule has 1 fully saturated rings. The number of rotatable bonds is 4. The predicted molar refractivity (Wildman–Crippen MR) is 94.5 cm³/mol. The molecule has 1 aromatic rings. The predicted octanol–water partition coefficient (Wildman–Crippen LogP) is 3.15. The molecule has 1 aromatic carbocycles. The average Bonchev–Trinajstić information content (AvgIpc) is 2.76. The van der Waals surface area contributed by atoms with Gasteiger partial charge in [0.2, 0.25) is 0 Å². The summed E-state index contributed by atoms with van der Waals surface area (Å²) in [4.78, 5) is 13.2. The van der Waals surface area contributed by atoms with E-state index in [1.165, 1.54) is 6.07 Å². The van der Waals surface area contributed by atoms with Crippen molar-refractivity contribution in [1.29, 1.82) is 0 Å². The highest BCUT2D eigenvalue weighted by molar-refractivity contribution is 6.62. The summed E-state index contributed by atoms with van der Waals surface area (Å²) in [6, 6.07) is 2.71. The Hall–Kier alpha value is -1.88. The fourth-order valence-electron chi connectivity index (χ4n) is 3.32. The molecular weight excluding hydrogens is 400 g/mol. The Morgan fingerprint density at radius 2 is 1.76 bits per heavy atom. The zero-order chi connectivity index (χ0) is 21.8. The molecule has 3 rings (SSSR count). The van der Waals surface area contributed by atoms with Gasteiger partial charge in [0.15, 0.2) is 0 Å². The van der Waals surface area contributed by atoms with Crippen molar-refractivity contribution in [2.75, 3.05) is 13.1 Å². The third kappa shape index (κ3) is 4.35. The normalized spacial score (nSPS) is 21.0. The van der Waals surface area contributed by atoms with E-state index in [4.69, 9.17) is 9.31 Å². The molecule has 0 bridgehead atoms. The van der Waals surface area contributed by atoms with Gasteiger partial charge in [-0.15, -0.1) is 0 Å². The van der Waals surface area contributed by atoms with Crippen molar-refractivity contribution in [2.24, 2.45) is 0 Å². The van der Waals surface area contributed by atoms with Crippen LogP contribution in [0.25, 0.3) is 0 Å². The highest BCUT2D eigenvalue weighted by atomic mass is 19.4. The van der Waals surface area contributed by atoms with Crippen LogP contribution in [0.15, 0.2) is 12.1 Å². The Balaban J connectivity index is 2.00. The zero-order valence-electron chi connectivity index (χ0n) is 16.4. The molecule has 0 aromatic heterocycles. The number of carbonyl (C=O) groups excluding carboxylic acids is 1. The number of nitrogens with zero attached hydrogens (tertiary/aromatic N) is 1. The van der Waals surface area contributed by atoms with Crippen molar-refractivity contribution in [2.45, 2.75) is 58.1 Å². The van der Waals surface area contributed by atoms with Gasteiger partial charge < -0.3 is 18.9 Å². The molecule has 0 aliphatic carbocycles. The van der Waals surface area contributed by atoms with Crippen molar-refractivity contribution in [3.05, 3.63) is 23.3 Å². The molecule has 0 saturated carbocycles. The van der Waals surface area contributed by atoms with Gasteiger partial charge in [-0.2, -0.15) is 22.0 Å². The Morgan fingerprint density at radius 1 is 1.17 bits per heavy atom.